The van der Waals surface area contributed by atoms with Crippen LogP contribution in [-0.4, -0.2) is 37.2 Å². The van der Waals surface area contributed by atoms with Crippen molar-refractivity contribution in [3.05, 3.63) is 40.6 Å². The molecule has 31 heavy (non-hydrogen) atoms. The number of fused-ring (bicyclic) bond motifs is 1. The molecule has 2 aliphatic rings. The summed E-state index contributed by atoms with van der Waals surface area (Å²) in [6.07, 6.45) is -1.75. The number of carbonyl (C=O) groups is 2. The number of carbonyl (C=O) groups excluding carboxylic acids is 2. The number of hydrogen-bond acceptors (Lipinski definition) is 5. The lowest BCUT2D eigenvalue weighted by molar-refractivity contribution is -0.171. The van der Waals surface area contributed by atoms with Crippen LogP contribution >= 0.6 is 11.3 Å². The first-order valence-corrected chi connectivity index (χ1v) is 10.9. The summed E-state index contributed by atoms with van der Waals surface area (Å²) >= 11 is 1.12. The number of halogens is 3. The molecule has 1 aliphatic carbocycles. The molecular weight excluding hydrogens is 433 g/mol. The molecule has 2 heterocycles. The topological polar surface area (TPSA) is 67.9 Å². The smallest absolute Gasteiger partial charge is 0.471 e. The highest BCUT2D eigenvalue weighted by Gasteiger charge is 2.48. The van der Waals surface area contributed by atoms with Crippen LogP contribution in [0.15, 0.2) is 35.7 Å². The van der Waals surface area contributed by atoms with Gasteiger partial charge in [-0.05, 0) is 36.4 Å². The lowest BCUT2D eigenvalue weighted by Crippen LogP contribution is -2.50. The molecule has 0 spiro atoms. The monoisotopic (exact) mass is 454 g/mol. The molecule has 0 bridgehead atoms. The van der Waals surface area contributed by atoms with Crippen molar-refractivity contribution in [2.24, 2.45) is 0 Å². The average Bonchev–Trinajstić information content (AvgIpc) is 3.44. The number of amides is 2. The number of rotatable bonds is 5. The molecular formula is C21H21F3N2O4S. The van der Waals surface area contributed by atoms with Crippen LogP contribution in [-0.2, 0) is 9.59 Å². The number of anilines is 1. The minimum absolute atomic E-state index is 0.0912. The van der Waals surface area contributed by atoms with Crippen LogP contribution in [0.1, 0.15) is 36.6 Å². The van der Waals surface area contributed by atoms with E-state index in [1.165, 1.54) is 18.2 Å². The lowest BCUT2D eigenvalue weighted by atomic mass is 10.1. The van der Waals surface area contributed by atoms with E-state index in [1.807, 2.05) is 0 Å². The molecule has 1 atom stereocenters. The summed E-state index contributed by atoms with van der Waals surface area (Å²) in [7, 11) is 0. The van der Waals surface area contributed by atoms with Crippen molar-refractivity contribution >= 4 is 28.8 Å². The van der Waals surface area contributed by atoms with Gasteiger partial charge in [0.2, 0.25) is 5.91 Å². The molecule has 2 amide bonds. The largest absolute Gasteiger partial charge is 0.486 e. The zero-order chi connectivity index (χ0) is 22.0. The molecule has 0 saturated heterocycles. The summed E-state index contributed by atoms with van der Waals surface area (Å²) in [4.78, 5) is 26.6. The van der Waals surface area contributed by atoms with Crippen LogP contribution in [0.2, 0.25) is 0 Å². The third-order valence-electron chi connectivity index (χ3n) is 5.29. The van der Waals surface area contributed by atoms with Gasteiger partial charge >= 0.3 is 12.1 Å². The quantitative estimate of drug-likeness (QED) is 0.735. The zero-order valence-electron chi connectivity index (χ0n) is 16.5. The zero-order valence-corrected chi connectivity index (χ0v) is 17.3. The predicted molar refractivity (Wildman–Crippen MR) is 108 cm³/mol. The second kappa shape index (κ2) is 8.78. The normalized spacial score (nSPS) is 17.3. The van der Waals surface area contributed by atoms with Gasteiger partial charge in [-0.2, -0.15) is 13.2 Å². The third-order valence-corrected chi connectivity index (χ3v) is 6.21. The van der Waals surface area contributed by atoms with Gasteiger partial charge in [0.15, 0.2) is 17.5 Å². The molecule has 1 aromatic carbocycles. The summed E-state index contributed by atoms with van der Waals surface area (Å²) in [6.45, 7) is 0.555. The molecule has 1 saturated carbocycles. The minimum atomic E-state index is -5.17. The Balaban J connectivity index is 1.77. The Morgan fingerprint density at radius 2 is 1.81 bits per heavy atom. The SMILES string of the molecule is O=C(NC1CCCC1)[C@H](c1cccs1)N(C(=O)C(F)(F)F)c1ccc2c(c1)OCCO2. The molecule has 1 aromatic heterocycles. The van der Waals surface area contributed by atoms with Crippen LogP contribution in [0.4, 0.5) is 18.9 Å². The first kappa shape index (κ1) is 21.5. The van der Waals surface area contributed by atoms with Gasteiger partial charge in [-0.3, -0.25) is 14.5 Å². The van der Waals surface area contributed by atoms with Gasteiger partial charge in [0, 0.05) is 22.7 Å². The number of nitrogens with one attached hydrogen (secondary N) is 1. The van der Waals surface area contributed by atoms with Crippen LogP contribution in [0.5, 0.6) is 11.5 Å². The molecule has 1 fully saturated rings. The Morgan fingerprint density at radius 3 is 2.45 bits per heavy atom. The average molecular weight is 454 g/mol. The Morgan fingerprint density at radius 1 is 1.10 bits per heavy atom. The number of hydrogen-bond donors (Lipinski definition) is 1. The van der Waals surface area contributed by atoms with E-state index in [0.29, 0.717) is 22.1 Å². The second-order valence-corrected chi connectivity index (χ2v) is 8.39. The van der Waals surface area contributed by atoms with E-state index < -0.39 is 24.0 Å². The van der Waals surface area contributed by atoms with Gasteiger partial charge in [-0.15, -0.1) is 11.3 Å². The minimum Gasteiger partial charge on any atom is -0.486 e. The number of thiophene rings is 1. The van der Waals surface area contributed by atoms with Crippen LogP contribution in [0.3, 0.4) is 0 Å². The van der Waals surface area contributed by atoms with Crippen LogP contribution < -0.4 is 19.7 Å². The molecule has 1 aliphatic heterocycles. The third kappa shape index (κ3) is 4.63. The Hall–Kier alpha value is -2.75. The number of alkyl halides is 3. The van der Waals surface area contributed by atoms with E-state index in [9.17, 15) is 22.8 Å². The highest BCUT2D eigenvalue weighted by Crippen LogP contribution is 2.39. The van der Waals surface area contributed by atoms with Gasteiger partial charge in [0.25, 0.3) is 0 Å². The van der Waals surface area contributed by atoms with E-state index in [1.54, 1.807) is 17.5 Å². The van der Waals surface area contributed by atoms with E-state index in [0.717, 1.165) is 37.0 Å². The van der Waals surface area contributed by atoms with Crippen LogP contribution in [0, 0.1) is 0 Å². The van der Waals surface area contributed by atoms with Crippen molar-refractivity contribution in [2.75, 3.05) is 18.1 Å². The van der Waals surface area contributed by atoms with Gasteiger partial charge in [-0.1, -0.05) is 18.9 Å². The summed E-state index contributed by atoms with van der Waals surface area (Å²) < 4.78 is 51.8. The van der Waals surface area contributed by atoms with Gasteiger partial charge < -0.3 is 14.8 Å². The van der Waals surface area contributed by atoms with E-state index in [2.05, 4.69) is 5.32 Å². The number of benzene rings is 1. The van der Waals surface area contributed by atoms with Crippen molar-refractivity contribution in [3.63, 3.8) is 0 Å². The fourth-order valence-electron chi connectivity index (χ4n) is 3.87. The Bertz CT molecular complexity index is 943. The van der Waals surface area contributed by atoms with Gasteiger partial charge in [-0.25, -0.2) is 0 Å². The fourth-order valence-corrected chi connectivity index (χ4v) is 4.69. The Kier molecular flexibility index (Phi) is 6.08. The molecule has 1 N–H and O–H groups in total. The van der Waals surface area contributed by atoms with Crippen molar-refractivity contribution < 1.29 is 32.2 Å². The van der Waals surface area contributed by atoms with Crippen molar-refractivity contribution in [3.8, 4) is 11.5 Å². The van der Waals surface area contributed by atoms with E-state index in [-0.39, 0.29) is 24.1 Å². The molecule has 6 nitrogen and oxygen atoms in total. The lowest BCUT2D eigenvalue weighted by Gasteiger charge is -2.32. The first-order valence-electron chi connectivity index (χ1n) is 9.98. The van der Waals surface area contributed by atoms with Gasteiger partial charge in [0.1, 0.15) is 13.2 Å². The summed E-state index contributed by atoms with van der Waals surface area (Å²) in [5, 5.41) is 4.49. The second-order valence-electron chi connectivity index (χ2n) is 7.41. The molecule has 0 radical (unpaired) electrons. The highest BCUT2D eigenvalue weighted by molar-refractivity contribution is 7.10. The summed E-state index contributed by atoms with van der Waals surface area (Å²) in [6, 6.07) is 5.70. The van der Waals surface area contributed by atoms with Crippen molar-refractivity contribution in [1.82, 2.24) is 5.32 Å². The summed E-state index contributed by atoms with van der Waals surface area (Å²) in [5.41, 5.74) is -0.0912. The Labute approximate surface area is 180 Å². The molecule has 0 unspecified atom stereocenters. The maximum atomic E-state index is 13.6. The van der Waals surface area contributed by atoms with Crippen molar-refractivity contribution in [1.29, 1.82) is 0 Å². The van der Waals surface area contributed by atoms with E-state index >= 15 is 0 Å². The molecule has 166 valence electrons. The standard InChI is InChI=1S/C21H21F3N2O4S/c22-21(23,24)20(28)26(14-7-8-15-16(12-14)30-10-9-29-15)18(17-6-3-11-31-17)19(27)25-13-4-1-2-5-13/h3,6-8,11-13,18H,1-2,4-5,9-10H2,(H,25,27)/t18-/m0/s1. The summed E-state index contributed by atoms with van der Waals surface area (Å²) in [5.74, 6) is -2.16. The number of nitrogens with zero attached hydrogens (tertiary/aromatic N) is 1. The van der Waals surface area contributed by atoms with E-state index in [4.69, 9.17) is 9.47 Å². The fraction of sp³-hybridized carbons (Fsp3) is 0.429. The van der Waals surface area contributed by atoms with Crippen molar-refractivity contribution in [2.45, 2.75) is 43.9 Å². The number of ether oxygens (including phenoxy) is 2. The highest BCUT2D eigenvalue weighted by atomic mass is 32.1. The molecule has 4 rings (SSSR count). The molecule has 10 heteroatoms. The maximum absolute atomic E-state index is 13.6. The first-order chi connectivity index (χ1) is 14.8. The van der Waals surface area contributed by atoms with Crippen LogP contribution in [0.25, 0.3) is 0 Å². The predicted octanol–water partition coefficient (Wildman–Crippen LogP) is 4.21. The molecule has 2 aromatic rings. The maximum Gasteiger partial charge on any atom is 0.471 e. The van der Waals surface area contributed by atoms with Gasteiger partial charge in [0.05, 0.1) is 0 Å².